The van der Waals surface area contributed by atoms with E-state index in [-0.39, 0.29) is 0 Å². The highest BCUT2D eigenvalue weighted by atomic mass is 32.1. The molecule has 0 bridgehead atoms. The van der Waals surface area contributed by atoms with Crippen LogP contribution in [0.15, 0.2) is 17.5 Å². The molecule has 0 aliphatic rings. The molecule has 0 atom stereocenters. The average molecular weight is 197 g/mol. The number of hydrogen-bond acceptors (Lipinski definition) is 3. The van der Waals surface area contributed by atoms with Gasteiger partial charge < -0.3 is 10.4 Å². The highest BCUT2D eigenvalue weighted by molar-refractivity contribution is 7.11. The maximum absolute atomic E-state index is 10.5. The number of carbonyl (C=O) groups is 1. The van der Waals surface area contributed by atoms with Gasteiger partial charge in [-0.3, -0.25) is 0 Å². The Morgan fingerprint density at radius 3 is 3.08 bits per heavy atom. The molecule has 0 radical (unpaired) electrons. The summed E-state index contributed by atoms with van der Waals surface area (Å²) >= 11 is 1.43. The fraction of sp³-hybridized carbons (Fsp3) is 0.222. The van der Waals surface area contributed by atoms with Crippen LogP contribution in [0.5, 0.6) is 0 Å². The number of rotatable bonds is 4. The van der Waals surface area contributed by atoms with Crippen LogP contribution in [0, 0.1) is 0 Å². The van der Waals surface area contributed by atoms with E-state index in [1.54, 1.807) is 11.4 Å². The van der Waals surface area contributed by atoms with Gasteiger partial charge in [0.1, 0.15) is 0 Å². The third-order valence-electron chi connectivity index (χ3n) is 1.47. The molecule has 0 fully saturated rings. The van der Waals surface area contributed by atoms with Crippen molar-refractivity contribution in [1.29, 1.82) is 0 Å². The van der Waals surface area contributed by atoms with E-state index in [1.807, 2.05) is 19.2 Å². The molecule has 13 heavy (non-hydrogen) atoms. The van der Waals surface area contributed by atoms with Gasteiger partial charge >= 0.3 is 5.97 Å². The second-order valence-corrected chi connectivity index (χ2v) is 3.45. The van der Waals surface area contributed by atoms with E-state index in [1.165, 1.54) is 11.3 Å². The Hall–Kier alpha value is -1.13. The zero-order valence-corrected chi connectivity index (χ0v) is 8.10. The predicted octanol–water partition coefficient (Wildman–Crippen LogP) is 1.68. The van der Waals surface area contributed by atoms with Crippen molar-refractivity contribution in [2.45, 2.75) is 0 Å². The van der Waals surface area contributed by atoms with E-state index in [2.05, 4.69) is 5.32 Å². The molecule has 4 heteroatoms. The van der Waals surface area contributed by atoms with Gasteiger partial charge in [-0.25, -0.2) is 4.79 Å². The standard InChI is InChI=1S/C9H11NO2S/c1-10-4-2-3-8-5-7(6-13-8)9(11)12/h2-3,5-6,10H,4H2,1H3,(H,11,12). The van der Waals surface area contributed by atoms with Crippen molar-refractivity contribution < 1.29 is 9.90 Å². The molecule has 70 valence electrons. The topological polar surface area (TPSA) is 49.3 Å². The summed E-state index contributed by atoms with van der Waals surface area (Å²) in [5, 5.41) is 13.2. The Morgan fingerprint density at radius 2 is 2.54 bits per heavy atom. The molecule has 0 saturated carbocycles. The zero-order valence-electron chi connectivity index (χ0n) is 7.28. The lowest BCUT2D eigenvalue weighted by molar-refractivity contribution is 0.0697. The van der Waals surface area contributed by atoms with Gasteiger partial charge in [-0.05, 0) is 19.2 Å². The lowest BCUT2D eigenvalue weighted by atomic mass is 10.3. The van der Waals surface area contributed by atoms with Crippen LogP contribution in [0.3, 0.4) is 0 Å². The molecule has 0 unspecified atom stereocenters. The summed E-state index contributed by atoms with van der Waals surface area (Å²) in [4.78, 5) is 11.5. The molecule has 1 heterocycles. The smallest absolute Gasteiger partial charge is 0.336 e. The summed E-state index contributed by atoms with van der Waals surface area (Å²) < 4.78 is 0. The first kappa shape index (κ1) is 9.95. The van der Waals surface area contributed by atoms with Gasteiger partial charge in [-0.2, -0.15) is 0 Å². The van der Waals surface area contributed by atoms with Crippen molar-refractivity contribution >= 4 is 23.4 Å². The van der Waals surface area contributed by atoms with Crippen LogP contribution in [0.4, 0.5) is 0 Å². The first-order chi connectivity index (χ1) is 6.24. The molecule has 3 nitrogen and oxygen atoms in total. The number of carboxylic acid groups (broad SMARTS) is 1. The molecule has 0 saturated heterocycles. The van der Waals surface area contributed by atoms with Crippen LogP contribution in [0.1, 0.15) is 15.2 Å². The third kappa shape index (κ3) is 3.01. The van der Waals surface area contributed by atoms with E-state index >= 15 is 0 Å². The maximum atomic E-state index is 10.5. The minimum Gasteiger partial charge on any atom is -0.478 e. The Labute approximate surface area is 80.7 Å². The molecular weight excluding hydrogens is 186 g/mol. The summed E-state index contributed by atoms with van der Waals surface area (Å²) in [6.07, 6.45) is 3.87. The lowest BCUT2D eigenvalue weighted by Gasteiger charge is -1.86. The highest BCUT2D eigenvalue weighted by Gasteiger charge is 2.03. The molecule has 2 N–H and O–H groups in total. The molecule has 1 aromatic rings. The summed E-state index contributed by atoms with van der Waals surface area (Å²) in [7, 11) is 1.86. The van der Waals surface area contributed by atoms with Gasteiger partial charge in [-0.1, -0.05) is 6.08 Å². The normalized spacial score (nSPS) is 10.8. The van der Waals surface area contributed by atoms with Crippen LogP contribution >= 0.6 is 11.3 Å². The molecule has 0 spiro atoms. The van der Waals surface area contributed by atoms with Crippen LogP contribution in [-0.4, -0.2) is 24.7 Å². The van der Waals surface area contributed by atoms with Crippen LogP contribution in [0.25, 0.3) is 6.08 Å². The fourth-order valence-corrected chi connectivity index (χ4v) is 1.65. The van der Waals surface area contributed by atoms with Crippen molar-refractivity contribution in [1.82, 2.24) is 5.32 Å². The average Bonchev–Trinajstić information content (AvgIpc) is 2.53. The molecule has 0 aromatic carbocycles. The lowest BCUT2D eigenvalue weighted by Crippen LogP contribution is -2.03. The zero-order chi connectivity index (χ0) is 9.68. The van der Waals surface area contributed by atoms with E-state index in [4.69, 9.17) is 5.11 Å². The molecule has 1 aromatic heterocycles. The van der Waals surface area contributed by atoms with Crippen LogP contribution < -0.4 is 5.32 Å². The Balaban J connectivity index is 2.64. The van der Waals surface area contributed by atoms with Gasteiger partial charge in [0.15, 0.2) is 0 Å². The molecule has 0 amide bonds. The number of aromatic carboxylic acids is 1. The molecular formula is C9H11NO2S. The Morgan fingerprint density at radius 1 is 1.77 bits per heavy atom. The second kappa shape index (κ2) is 4.79. The number of hydrogen-bond donors (Lipinski definition) is 2. The number of thiophene rings is 1. The number of nitrogens with one attached hydrogen (secondary N) is 1. The Kier molecular flexibility index (Phi) is 3.67. The largest absolute Gasteiger partial charge is 0.478 e. The van der Waals surface area contributed by atoms with Gasteiger partial charge in [0.25, 0.3) is 0 Å². The third-order valence-corrected chi connectivity index (χ3v) is 2.37. The van der Waals surface area contributed by atoms with Crippen molar-refractivity contribution in [3.05, 3.63) is 28.0 Å². The predicted molar refractivity (Wildman–Crippen MR) is 54.2 cm³/mol. The number of likely N-dealkylation sites (N-methyl/N-ethyl adjacent to an activating group) is 1. The monoisotopic (exact) mass is 197 g/mol. The SMILES string of the molecule is CNCC=Cc1cc(C(=O)O)cs1. The Bertz CT molecular complexity index is 317. The van der Waals surface area contributed by atoms with Gasteiger partial charge in [0.2, 0.25) is 0 Å². The van der Waals surface area contributed by atoms with E-state index in [9.17, 15) is 4.79 Å². The van der Waals surface area contributed by atoms with E-state index in [0.29, 0.717) is 5.56 Å². The summed E-state index contributed by atoms with van der Waals surface area (Å²) in [6.45, 7) is 0.792. The van der Waals surface area contributed by atoms with Crippen molar-refractivity contribution in [3.8, 4) is 0 Å². The molecule has 0 aliphatic heterocycles. The van der Waals surface area contributed by atoms with Crippen molar-refractivity contribution in [2.75, 3.05) is 13.6 Å². The highest BCUT2D eigenvalue weighted by Crippen LogP contribution is 2.15. The van der Waals surface area contributed by atoms with Crippen molar-refractivity contribution in [2.24, 2.45) is 0 Å². The minimum absolute atomic E-state index is 0.356. The fourth-order valence-electron chi connectivity index (χ4n) is 0.845. The van der Waals surface area contributed by atoms with Gasteiger partial charge in [-0.15, -0.1) is 11.3 Å². The number of carboxylic acids is 1. The summed E-state index contributed by atoms with van der Waals surface area (Å²) in [5.74, 6) is -0.871. The van der Waals surface area contributed by atoms with Crippen molar-refractivity contribution in [3.63, 3.8) is 0 Å². The quantitative estimate of drug-likeness (QED) is 0.772. The maximum Gasteiger partial charge on any atom is 0.336 e. The van der Waals surface area contributed by atoms with Crippen LogP contribution in [0.2, 0.25) is 0 Å². The summed E-state index contributed by atoms with van der Waals surface area (Å²) in [5.41, 5.74) is 0.356. The molecule has 0 aliphatic carbocycles. The first-order valence-corrected chi connectivity index (χ1v) is 4.75. The first-order valence-electron chi connectivity index (χ1n) is 3.87. The second-order valence-electron chi connectivity index (χ2n) is 2.50. The minimum atomic E-state index is -0.871. The van der Waals surface area contributed by atoms with Gasteiger partial charge in [0, 0.05) is 16.8 Å². The summed E-state index contributed by atoms with van der Waals surface area (Å²) in [6, 6.07) is 1.67. The van der Waals surface area contributed by atoms with Gasteiger partial charge in [0.05, 0.1) is 5.56 Å². The van der Waals surface area contributed by atoms with E-state index in [0.717, 1.165) is 11.4 Å². The van der Waals surface area contributed by atoms with Crippen LogP contribution in [-0.2, 0) is 0 Å². The van der Waals surface area contributed by atoms with E-state index < -0.39 is 5.97 Å². The molecule has 1 rings (SSSR count).